The molecule has 0 radical (unpaired) electrons. The van der Waals surface area contributed by atoms with E-state index in [1.807, 2.05) is 6.92 Å². The Hall–Kier alpha value is 0.137. The van der Waals surface area contributed by atoms with Gasteiger partial charge in [0.1, 0.15) is 16.8 Å². The van der Waals surface area contributed by atoms with Gasteiger partial charge in [0.05, 0.1) is 5.60 Å². The van der Waals surface area contributed by atoms with Crippen molar-refractivity contribution in [2.24, 2.45) is 0 Å². The van der Waals surface area contributed by atoms with E-state index in [4.69, 9.17) is 9.16 Å². The summed E-state index contributed by atoms with van der Waals surface area (Å²) in [5, 5.41) is 0. The number of ether oxygens (including phenoxy) is 1. The Morgan fingerprint density at radius 1 is 1.13 bits per heavy atom. The van der Waals surface area contributed by atoms with Crippen molar-refractivity contribution in [1.82, 2.24) is 0 Å². The quantitative estimate of drug-likeness (QED) is 0.449. The van der Waals surface area contributed by atoms with Crippen molar-refractivity contribution in [2.45, 2.75) is 78.1 Å². The van der Waals surface area contributed by atoms with Gasteiger partial charge in [-0.3, -0.25) is 0 Å². The zero-order valence-corrected chi connectivity index (χ0v) is 13.1. The zero-order chi connectivity index (χ0) is 11.7. The summed E-state index contributed by atoms with van der Waals surface area (Å²) in [6.07, 6.45) is 7.23. The van der Waals surface area contributed by atoms with Crippen molar-refractivity contribution in [3.05, 3.63) is 0 Å². The number of hydrogen-bond donors (Lipinski definition) is 0. The van der Waals surface area contributed by atoms with Crippen molar-refractivity contribution >= 4 is 10.5 Å². The van der Waals surface area contributed by atoms with E-state index in [2.05, 4.69) is 20.8 Å². The molecule has 0 saturated carbocycles. The van der Waals surface area contributed by atoms with Crippen LogP contribution in [-0.4, -0.2) is 22.4 Å². The third-order valence-corrected chi connectivity index (χ3v) is 3.56. The van der Waals surface area contributed by atoms with Crippen LogP contribution >= 0.6 is 0 Å². The second-order valence-corrected chi connectivity index (χ2v) is 5.05. The molecule has 0 aliphatic rings. The van der Waals surface area contributed by atoms with Gasteiger partial charge in [-0.15, -0.1) is 0 Å². The van der Waals surface area contributed by atoms with Crippen LogP contribution in [0.25, 0.3) is 0 Å². The van der Waals surface area contributed by atoms with E-state index >= 15 is 0 Å². The van der Waals surface area contributed by atoms with Gasteiger partial charge in [0.25, 0.3) is 0 Å². The van der Waals surface area contributed by atoms with E-state index in [9.17, 15) is 0 Å². The molecule has 1 unspecified atom stereocenters. The highest BCUT2D eigenvalue weighted by Gasteiger charge is 2.25. The first kappa shape index (κ1) is 15.1. The third kappa shape index (κ3) is 7.09. The third-order valence-electron chi connectivity index (χ3n) is 2.90. The highest BCUT2D eigenvalue weighted by Crippen LogP contribution is 2.26. The molecule has 0 spiro atoms. The van der Waals surface area contributed by atoms with E-state index < -0.39 is 0 Å². The Balaban J connectivity index is 4.12. The second-order valence-electron chi connectivity index (χ2n) is 4.58. The minimum Gasteiger partial charge on any atom is -0.404 e. The molecule has 15 heavy (non-hydrogen) atoms. The smallest absolute Gasteiger partial charge is 0.149 e. The van der Waals surface area contributed by atoms with Crippen molar-refractivity contribution < 1.29 is 9.16 Å². The minimum atomic E-state index is -0.0321. The van der Waals surface area contributed by atoms with Crippen LogP contribution in [0.5, 0.6) is 0 Å². The molecule has 0 aliphatic heterocycles. The van der Waals surface area contributed by atoms with E-state index in [1.165, 1.54) is 25.7 Å². The van der Waals surface area contributed by atoms with Gasteiger partial charge in [-0.2, -0.15) is 0 Å². The summed E-state index contributed by atoms with van der Waals surface area (Å²) in [4.78, 5) is 0. The van der Waals surface area contributed by atoms with Crippen molar-refractivity contribution in [3.8, 4) is 0 Å². The first-order chi connectivity index (χ1) is 7.08. The lowest BCUT2D eigenvalue weighted by atomic mass is 9.92. The molecule has 1 atom stereocenters. The molecule has 0 N–H and O–H groups in total. The molecular weight excluding hydrogens is 204 g/mol. The van der Waals surface area contributed by atoms with Crippen LogP contribution in [-0.2, 0) is 9.16 Å². The summed E-state index contributed by atoms with van der Waals surface area (Å²) in [7, 11) is 0.751. The van der Waals surface area contributed by atoms with Crippen LogP contribution < -0.4 is 0 Å². The maximum atomic E-state index is 6.00. The van der Waals surface area contributed by atoms with Gasteiger partial charge < -0.3 is 9.16 Å². The first-order valence-electron chi connectivity index (χ1n) is 6.28. The largest absolute Gasteiger partial charge is 0.404 e. The lowest BCUT2D eigenvalue weighted by molar-refractivity contribution is -0.161. The molecule has 0 heterocycles. The fourth-order valence-electron chi connectivity index (χ4n) is 1.79. The minimum absolute atomic E-state index is 0.0237. The maximum Gasteiger partial charge on any atom is 0.149 e. The van der Waals surface area contributed by atoms with E-state index in [0.29, 0.717) is 0 Å². The van der Waals surface area contributed by atoms with Gasteiger partial charge in [-0.1, -0.05) is 39.5 Å². The molecule has 0 rings (SSSR count). The van der Waals surface area contributed by atoms with Crippen LogP contribution in [0, 0.1) is 0 Å². The Labute approximate surface area is 98.3 Å². The van der Waals surface area contributed by atoms with E-state index in [0.717, 1.165) is 23.3 Å². The predicted octanol–water partition coefficient (Wildman–Crippen LogP) is 2.79. The van der Waals surface area contributed by atoms with Crippen LogP contribution in [0.3, 0.4) is 0 Å². The molecule has 0 aromatic rings. The second kappa shape index (κ2) is 8.31. The SMILES string of the molecule is CCCCC(C)(CCCC)OC(C)O[SiH3]. The van der Waals surface area contributed by atoms with Crippen molar-refractivity contribution in [1.29, 1.82) is 0 Å². The lowest BCUT2D eigenvalue weighted by Gasteiger charge is -2.32. The van der Waals surface area contributed by atoms with Gasteiger partial charge in [-0.25, -0.2) is 0 Å². The van der Waals surface area contributed by atoms with Crippen molar-refractivity contribution in [3.63, 3.8) is 0 Å². The monoisotopic (exact) mass is 232 g/mol. The van der Waals surface area contributed by atoms with E-state index in [1.54, 1.807) is 0 Å². The Morgan fingerprint density at radius 3 is 1.93 bits per heavy atom. The number of rotatable bonds is 9. The van der Waals surface area contributed by atoms with Gasteiger partial charge in [-0.05, 0) is 26.7 Å². The Bertz CT molecular complexity index is 143. The molecule has 92 valence electrons. The van der Waals surface area contributed by atoms with Gasteiger partial charge in [0, 0.05) is 0 Å². The van der Waals surface area contributed by atoms with Crippen molar-refractivity contribution in [2.75, 3.05) is 0 Å². The molecule has 0 bridgehead atoms. The first-order valence-corrected chi connectivity index (χ1v) is 7.10. The molecule has 0 amide bonds. The molecule has 0 fully saturated rings. The van der Waals surface area contributed by atoms with Crippen LogP contribution in [0.15, 0.2) is 0 Å². The molecule has 0 aromatic heterocycles. The average molecular weight is 232 g/mol. The number of unbranched alkanes of at least 4 members (excludes halogenated alkanes) is 2. The molecule has 0 aromatic carbocycles. The fourth-order valence-corrected chi connectivity index (χ4v) is 1.89. The molecular formula is C12H28O2Si. The van der Waals surface area contributed by atoms with E-state index in [-0.39, 0.29) is 11.9 Å². The van der Waals surface area contributed by atoms with Gasteiger partial charge >= 0.3 is 0 Å². The predicted molar refractivity (Wildman–Crippen MR) is 69.0 cm³/mol. The molecule has 3 heteroatoms. The molecule has 0 saturated heterocycles. The Kier molecular flexibility index (Phi) is 8.38. The topological polar surface area (TPSA) is 18.5 Å². The van der Waals surface area contributed by atoms with Gasteiger partial charge in [0.2, 0.25) is 0 Å². The highest BCUT2D eigenvalue weighted by atomic mass is 28.2. The maximum absolute atomic E-state index is 6.00. The summed E-state index contributed by atoms with van der Waals surface area (Å²) in [5.41, 5.74) is 0.0237. The van der Waals surface area contributed by atoms with Gasteiger partial charge in [0.15, 0.2) is 0 Å². The van der Waals surface area contributed by atoms with Crippen LogP contribution in [0.4, 0.5) is 0 Å². The summed E-state index contributed by atoms with van der Waals surface area (Å²) in [5.74, 6) is 0. The van der Waals surface area contributed by atoms with Crippen LogP contribution in [0.2, 0.25) is 0 Å². The lowest BCUT2D eigenvalue weighted by Crippen LogP contribution is -2.33. The number of hydrogen-bond acceptors (Lipinski definition) is 2. The summed E-state index contributed by atoms with van der Waals surface area (Å²) < 4.78 is 11.3. The standard InChI is InChI=1S/C12H28O2Si/c1-5-7-9-12(4,10-8-6-2)13-11(3)14-15/h11H,5-10H2,1-4,15H3. The summed E-state index contributed by atoms with van der Waals surface area (Å²) in [6, 6.07) is 0. The molecule has 0 aliphatic carbocycles. The summed E-state index contributed by atoms with van der Waals surface area (Å²) in [6.45, 7) is 8.69. The summed E-state index contributed by atoms with van der Waals surface area (Å²) >= 11 is 0. The highest BCUT2D eigenvalue weighted by molar-refractivity contribution is 5.98. The van der Waals surface area contributed by atoms with Crippen LogP contribution in [0.1, 0.15) is 66.2 Å². The molecule has 2 nitrogen and oxygen atoms in total. The fraction of sp³-hybridized carbons (Fsp3) is 1.00. The normalized spacial score (nSPS) is 14.4. The Morgan fingerprint density at radius 2 is 1.60 bits per heavy atom. The zero-order valence-electron chi connectivity index (χ0n) is 11.1. The average Bonchev–Trinajstić information content (AvgIpc) is 2.23.